The van der Waals surface area contributed by atoms with Gasteiger partial charge in [0.25, 0.3) is 0 Å². The molecule has 1 amide bonds. The first kappa shape index (κ1) is 75.7. The molecule has 3 atom stereocenters. The Morgan fingerprint density at radius 3 is 1.21 bits per heavy atom. The Kier molecular flexibility index (Phi) is 56.2. The van der Waals surface area contributed by atoms with E-state index in [4.69, 9.17) is 13.8 Å². The topological polar surface area (TPSA) is 111 Å². The number of phosphoric acid groups is 1. The monoisotopic (exact) mass is 1120 g/mol. The second kappa shape index (κ2) is 57.9. The quantitative estimate of drug-likeness (QED) is 0.0205. The van der Waals surface area contributed by atoms with Crippen LogP contribution in [-0.4, -0.2) is 74.3 Å². The molecule has 0 heterocycles. The van der Waals surface area contributed by atoms with E-state index in [0.29, 0.717) is 23.9 Å². The number of phosphoric ester groups is 1. The largest absolute Gasteiger partial charge is 0.472 e. The highest BCUT2D eigenvalue weighted by molar-refractivity contribution is 7.47. The minimum absolute atomic E-state index is 0.0360. The number of esters is 1. The lowest BCUT2D eigenvalue weighted by Gasteiger charge is -2.27. The molecule has 0 aliphatic rings. The van der Waals surface area contributed by atoms with Gasteiger partial charge in [-0.25, -0.2) is 4.57 Å². The first-order valence-corrected chi connectivity index (χ1v) is 34.6. The van der Waals surface area contributed by atoms with Crippen molar-refractivity contribution >= 4 is 19.7 Å². The molecule has 10 heteroatoms. The summed E-state index contributed by atoms with van der Waals surface area (Å²) in [6.07, 6.45) is 73.6. The Morgan fingerprint density at radius 2 is 0.782 bits per heavy atom. The number of hydrogen-bond donors (Lipinski definition) is 2. The molecule has 0 aliphatic carbocycles. The molecule has 0 aromatic carbocycles. The number of nitrogens with zero attached hydrogens (tertiary/aromatic N) is 1. The van der Waals surface area contributed by atoms with Crippen LogP contribution in [0, 0.1) is 0 Å². The minimum atomic E-state index is -4.46. The van der Waals surface area contributed by atoms with Gasteiger partial charge in [-0.05, 0) is 96.0 Å². The van der Waals surface area contributed by atoms with Crippen molar-refractivity contribution in [3.05, 3.63) is 60.8 Å². The van der Waals surface area contributed by atoms with Crippen LogP contribution in [-0.2, 0) is 27.9 Å². The number of allylic oxidation sites excluding steroid dienone is 9. The van der Waals surface area contributed by atoms with Crippen molar-refractivity contribution in [2.75, 3.05) is 40.9 Å². The van der Waals surface area contributed by atoms with E-state index >= 15 is 0 Å². The number of likely N-dealkylation sites (N-methyl/N-ethyl adjacent to an activating group) is 1. The van der Waals surface area contributed by atoms with Gasteiger partial charge in [0.05, 0.1) is 33.8 Å². The molecular weight excluding hydrogens is 988 g/mol. The lowest BCUT2D eigenvalue weighted by molar-refractivity contribution is -0.870. The number of nitrogens with one attached hydrogen (secondary N) is 1. The lowest BCUT2D eigenvalue weighted by atomic mass is 10.0. The summed E-state index contributed by atoms with van der Waals surface area (Å²) in [5.74, 6) is -0.522. The Labute approximate surface area is 483 Å². The van der Waals surface area contributed by atoms with Crippen LogP contribution in [0.3, 0.4) is 0 Å². The Hall–Kier alpha value is -2.29. The van der Waals surface area contributed by atoms with Gasteiger partial charge in [-0.1, -0.05) is 262 Å². The number of hydrogen-bond acceptors (Lipinski definition) is 6. The Balaban J connectivity index is 5.17. The summed E-state index contributed by atoms with van der Waals surface area (Å²) in [4.78, 5) is 37.8. The molecule has 78 heavy (non-hydrogen) atoms. The normalized spacial score (nSPS) is 14.0. The second-order valence-corrected chi connectivity index (χ2v) is 25.1. The van der Waals surface area contributed by atoms with E-state index in [0.717, 1.165) is 77.0 Å². The first-order valence-electron chi connectivity index (χ1n) is 33.1. The molecule has 0 fully saturated rings. The van der Waals surface area contributed by atoms with Crippen LogP contribution in [0.25, 0.3) is 0 Å². The molecule has 0 spiro atoms. The zero-order valence-corrected chi connectivity index (χ0v) is 53.1. The van der Waals surface area contributed by atoms with Gasteiger partial charge in [-0.15, -0.1) is 0 Å². The standard InChI is InChI=1S/C68H127N2O7P/c1-7-10-13-16-19-22-25-28-30-32-33-34-35-36-37-39-40-42-45-48-51-54-57-60-67(71)69-65(64-76-78(73,74)75-63-62-70(4,5)6)66(59-56-53-50-47-44-27-24-21-18-15-12-9-3)77-68(72)61-58-55-52-49-46-43-41-38-31-29-26-23-20-17-14-11-8-2/h20,23,28-31,41,43,56,59,65-66H,7-19,21-22,24-27,32-40,42,44-55,57-58,60-64H2,1-6H3,(H-,69,71,73,74)/p+1/b23-20-,30-28+,31-29-,43-41-,59-56-. The predicted octanol–water partition coefficient (Wildman–Crippen LogP) is 20.6. The number of unbranched alkanes of at least 4 members (excludes halogenated alkanes) is 36. The molecule has 0 radical (unpaired) electrons. The van der Waals surface area contributed by atoms with Crippen molar-refractivity contribution in [2.45, 2.75) is 322 Å². The summed E-state index contributed by atoms with van der Waals surface area (Å²) in [5.41, 5.74) is 0. The number of quaternary nitrogens is 1. The van der Waals surface area contributed by atoms with Gasteiger partial charge in [-0.3, -0.25) is 18.6 Å². The molecule has 2 N–H and O–H groups in total. The van der Waals surface area contributed by atoms with E-state index in [1.54, 1.807) is 0 Å². The van der Waals surface area contributed by atoms with Gasteiger partial charge in [0.15, 0.2) is 0 Å². The molecule has 0 saturated carbocycles. The van der Waals surface area contributed by atoms with Crippen molar-refractivity contribution in [3.63, 3.8) is 0 Å². The molecule has 3 unspecified atom stereocenters. The maximum Gasteiger partial charge on any atom is 0.472 e. The molecule has 9 nitrogen and oxygen atoms in total. The van der Waals surface area contributed by atoms with Crippen LogP contribution in [0.15, 0.2) is 60.8 Å². The number of amides is 1. The van der Waals surface area contributed by atoms with Crippen molar-refractivity contribution < 1.29 is 37.3 Å². The molecule has 456 valence electrons. The highest BCUT2D eigenvalue weighted by atomic mass is 31.2. The van der Waals surface area contributed by atoms with Gasteiger partial charge in [0.2, 0.25) is 5.91 Å². The molecule has 0 aromatic rings. The highest BCUT2D eigenvalue weighted by Crippen LogP contribution is 2.43. The van der Waals surface area contributed by atoms with E-state index in [9.17, 15) is 19.0 Å². The lowest BCUT2D eigenvalue weighted by Crippen LogP contribution is -2.47. The van der Waals surface area contributed by atoms with E-state index in [-0.39, 0.29) is 31.5 Å². The summed E-state index contributed by atoms with van der Waals surface area (Å²) in [6.45, 7) is 6.99. The second-order valence-electron chi connectivity index (χ2n) is 23.6. The number of rotatable bonds is 60. The maximum atomic E-state index is 13.6. The van der Waals surface area contributed by atoms with Crippen molar-refractivity contribution in [1.82, 2.24) is 5.32 Å². The van der Waals surface area contributed by atoms with E-state index in [1.165, 1.54) is 193 Å². The molecule has 0 saturated heterocycles. The third kappa shape index (κ3) is 58.4. The van der Waals surface area contributed by atoms with Gasteiger partial charge >= 0.3 is 13.8 Å². The fourth-order valence-electron chi connectivity index (χ4n) is 9.53. The van der Waals surface area contributed by atoms with Crippen molar-refractivity contribution in [1.29, 1.82) is 0 Å². The van der Waals surface area contributed by atoms with E-state index in [2.05, 4.69) is 74.7 Å². The van der Waals surface area contributed by atoms with E-state index < -0.39 is 20.0 Å². The molecule has 0 aromatic heterocycles. The number of carbonyl (C=O) groups excluding carboxylic acids is 2. The fourth-order valence-corrected chi connectivity index (χ4v) is 10.3. The Bertz CT molecular complexity index is 1520. The zero-order chi connectivity index (χ0) is 57.2. The highest BCUT2D eigenvalue weighted by Gasteiger charge is 2.30. The van der Waals surface area contributed by atoms with E-state index in [1.807, 2.05) is 33.3 Å². The first-order chi connectivity index (χ1) is 37.9. The average molecular weight is 1120 g/mol. The van der Waals surface area contributed by atoms with Crippen molar-refractivity contribution in [2.24, 2.45) is 0 Å². The third-order valence-corrected chi connectivity index (χ3v) is 15.7. The minimum Gasteiger partial charge on any atom is -0.456 e. The summed E-state index contributed by atoms with van der Waals surface area (Å²) >= 11 is 0. The SMILES string of the molecule is CCCCC/C=C\C/C=C\C/C=C\CCCCCCC(=O)OC(/C=C\CCCCCCCCCCCC)C(COP(=O)(O)OCC[N+](C)(C)C)NC(=O)CCCCCCCCCCCCCCC/C=C/CCCCCCCC. The van der Waals surface area contributed by atoms with Crippen LogP contribution in [0.5, 0.6) is 0 Å². The van der Waals surface area contributed by atoms with Gasteiger partial charge < -0.3 is 19.4 Å². The maximum absolute atomic E-state index is 13.6. The molecular formula is C68H128N2O7P+. The molecule has 0 rings (SSSR count). The average Bonchev–Trinajstić information content (AvgIpc) is 3.40. The van der Waals surface area contributed by atoms with Crippen molar-refractivity contribution in [3.8, 4) is 0 Å². The fraction of sp³-hybridized carbons (Fsp3) is 0.824. The van der Waals surface area contributed by atoms with Crippen LogP contribution < -0.4 is 5.32 Å². The number of carbonyl (C=O) groups is 2. The predicted molar refractivity (Wildman–Crippen MR) is 337 cm³/mol. The molecule has 0 bridgehead atoms. The van der Waals surface area contributed by atoms with Gasteiger partial charge in [0.1, 0.15) is 19.3 Å². The number of ether oxygens (including phenoxy) is 1. The van der Waals surface area contributed by atoms with Gasteiger partial charge in [0, 0.05) is 12.8 Å². The summed E-state index contributed by atoms with van der Waals surface area (Å²) in [5, 5.41) is 3.06. The van der Waals surface area contributed by atoms with Crippen LogP contribution >= 0.6 is 7.82 Å². The Morgan fingerprint density at radius 1 is 0.449 bits per heavy atom. The van der Waals surface area contributed by atoms with Crippen LogP contribution in [0.2, 0.25) is 0 Å². The third-order valence-electron chi connectivity index (χ3n) is 14.7. The smallest absolute Gasteiger partial charge is 0.456 e. The zero-order valence-electron chi connectivity index (χ0n) is 52.2. The van der Waals surface area contributed by atoms with Gasteiger partial charge in [-0.2, -0.15) is 0 Å². The summed E-state index contributed by atoms with van der Waals surface area (Å²) in [7, 11) is 1.49. The van der Waals surface area contributed by atoms with Crippen LogP contribution in [0.1, 0.15) is 310 Å². The summed E-state index contributed by atoms with van der Waals surface area (Å²) in [6, 6.07) is -0.858. The molecule has 0 aliphatic heterocycles. The van der Waals surface area contributed by atoms with Crippen LogP contribution in [0.4, 0.5) is 0 Å². The summed E-state index contributed by atoms with van der Waals surface area (Å²) < 4.78 is 30.7.